The van der Waals surface area contributed by atoms with E-state index in [4.69, 9.17) is 10.7 Å². The second kappa shape index (κ2) is 6.90. The number of nitrogens with one attached hydrogen (secondary N) is 2. The number of nitriles is 1. The first-order chi connectivity index (χ1) is 10.5. The van der Waals surface area contributed by atoms with Gasteiger partial charge in [-0.1, -0.05) is 36.9 Å². The van der Waals surface area contributed by atoms with Crippen LogP contribution in [0.5, 0.6) is 0 Å². The van der Waals surface area contributed by atoms with Crippen molar-refractivity contribution in [3.63, 3.8) is 0 Å². The molecule has 0 bridgehead atoms. The van der Waals surface area contributed by atoms with Crippen molar-refractivity contribution >= 4 is 11.9 Å². The summed E-state index contributed by atoms with van der Waals surface area (Å²) in [5.74, 6) is 0.331. The molecule has 1 aliphatic rings. The predicted octanol–water partition coefficient (Wildman–Crippen LogP) is 3.37. The second-order valence-corrected chi connectivity index (χ2v) is 5.55. The van der Waals surface area contributed by atoms with Crippen molar-refractivity contribution in [1.82, 2.24) is 10.2 Å². The van der Waals surface area contributed by atoms with Crippen LogP contribution in [0.1, 0.15) is 37.8 Å². The van der Waals surface area contributed by atoms with Crippen LogP contribution in [0.15, 0.2) is 42.5 Å². The van der Waals surface area contributed by atoms with Crippen LogP contribution < -0.4 is 5.32 Å². The number of carbonyl (C=O) groups excluding carboxylic acids is 1. The molecule has 2 atom stereocenters. The molecule has 0 aliphatic carbocycles. The molecule has 1 aliphatic heterocycles. The van der Waals surface area contributed by atoms with Crippen molar-refractivity contribution in [3.05, 3.63) is 48.0 Å². The molecule has 2 unspecified atom stereocenters. The molecule has 2 N–H and O–H groups in total. The van der Waals surface area contributed by atoms with E-state index < -0.39 is 0 Å². The maximum absolute atomic E-state index is 12.5. The van der Waals surface area contributed by atoms with Gasteiger partial charge in [0, 0.05) is 24.5 Å². The average molecular weight is 296 g/mol. The maximum Gasteiger partial charge on any atom is 0.323 e. The van der Waals surface area contributed by atoms with E-state index in [2.05, 4.69) is 11.9 Å². The number of hydrogen-bond donors (Lipinski definition) is 2. The van der Waals surface area contributed by atoms with Gasteiger partial charge in [-0.2, -0.15) is 5.26 Å². The minimum absolute atomic E-state index is 0.0972. The van der Waals surface area contributed by atoms with Crippen LogP contribution in [-0.4, -0.2) is 22.8 Å². The molecule has 1 saturated heterocycles. The number of amidine groups is 1. The third-order valence-electron chi connectivity index (χ3n) is 3.74. The van der Waals surface area contributed by atoms with Gasteiger partial charge in [0.05, 0.1) is 12.1 Å². The molecule has 114 valence electrons. The van der Waals surface area contributed by atoms with Crippen molar-refractivity contribution < 1.29 is 4.79 Å². The van der Waals surface area contributed by atoms with Crippen LogP contribution in [0.4, 0.5) is 4.79 Å². The molecular formula is C17H20N4O. The summed E-state index contributed by atoms with van der Waals surface area (Å²) in [6.07, 6.45) is 1.77. The Hall–Kier alpha value is -2.61. The Balaban J connectivity index is 2.08. The molecular weight excluding hydrogens is 276 g/mol. The lowest BCUT2D eigenvalue weighted by Crippen LogP contribution is -2.45. The molecule has 1 heterocycles. The molecule has 5 heteroatoms. The summed E-state index contributed by atoms with van der Waals surface area (Å²) in [5, 5.41) is 19.6. The Kier molecular flexibility index (Phi) is 4.95. The monoisotopic (exact) mass is 296 g/mol. The van der Waals surface area contributed by atoms with Crippen molar-refractivity contribution in [2.45, 2.75) is 38.3 Å². The molecule has 5 nitrogen and oxygen atoms in total. The Bertz CT molecular complexity index is 617. The number of rotatable bonds is 4. The van der Waals surface area contributed by atoms with E-state index >= 15 is 0 Å². The minimum atomic E-state index is -0.283. The van der Waals surface area contributed by atoms with Crippen molar-refractivity contribution in [2.24, 2.45) is 0 Å². The topological polar surface area (TPSA) is 80.0 Å². The molecule has 2 rings (SSSR count). The number of urea groups is 1. The Morgan fingerprint density at radius 2 is 2.23 bits per heavy atom. The average Bonchev–Trinajstić information content (AvgIpc) is 2.89. The molecule has 0 saturated carbocycles. The molecule has 1 fully saturated rings. The molecule has 22 heavy (non-hydrogen) atoms. The molecule has 2 amide bonds. The number of carbonyl (C=O) groups is 1. The van der Waals surface area contributed by atoms with Gasteiger partial charge in [-0.25, -0.2) is 4.79 Å². The second-order valence-electron chi connectivity index (χ2n) is 5.55. The van der Waals surface area contributed by atoms with Crippen LogP contribution in [0.3, 0.4) is 0 Å². The van der Waals surface area contributed by atoms with E-state index in [9.17, 15) is 4.79 Å². The molecule has 0 radical (unpaired) electrons. The normalized spacial score (nSPS) is 18.6. The van der Waals surface area contributed by atoms with Crippen molar-refractivity contribution in [1.29, 1.82) is 10.7 Å². The molecule has 1 aromatic carbocycles. The molecule has 0 spiro atoms. The van der Waals surface area contributed by atoms with Crippen molar-refractivity contribution in [2.75, 3.05) is 0 Å². The minimum Gasteiger partial charge on any atom is -0.335 e. The van der Waals surface area contributed by atoms with Crippen LogP contribution in [0.2, 0.25) is 0 Å². The number of benzene rings is 1. The molecule has 0 aromatic heterocycles. The summed E-state index contributed by atoms with van der Waals surface area (Å²) < 4.78 is 0. The highest BCUT2D eigenvalue weighted by Crippen LogP contribution is 2.32. The first-order valence-electron chi connectivity index (χ1n) is 7.33. The zero-order valence-corrected chi connectivity index (χ0v) is 12.7. The lowest BCUT2D eigenvalue weighted by atomic mass is 10.1. The number of likely N-dealkylation sites (tertiary alicyclic amines) is 1. The molecule has 1 aromatic rings. The van der Waals surface area contributed by atoms with Crippen LogP contribution in [-0.2, 0) is 0 Å². The van der Waals surface area contributed by atoms with E-state index in [1.54, 1.807) is 0 Å². The van der Waals surface area contributed by atoms with Gasteiger partial charge in [0.1, 0.15) is 5.84 Å². The summed E-state index contributed by atoms with van der Waals surface area (Å²) in [5.41, 5.74) is 1.47. The van der Waals surface area contributed by atoms with E-state index in [0.29, 0.717) is 24.3 Å². The quantitative estimate of drug-likeness (QED) is 0.835. The smallest absolute Gasteiger partial charge is 0.323 e. The predicted molar refractivity (Wildman–Crippen MR) is 85.3 cm³/mol. The van der Waals surface area contributed by atoms with Gasteiger partial charge in [-0.15, -0.1) is 0 Å². The Labute approximate surface area is 130 Å². The fraction of sp³-hybridized carbons (Fsp3) is 0.353. The van der Waals surface area contributed by atoms with Gasteiger partial charge in [-0.3, -0.25) is 10.3 Å². The highest BCUT2D eigenvalue weighted by atomic mass is 16.2. The van der Waals surface area contributed by atoms with Crippen LogP contribution in [0, 0.1) is 16.7 Å². The van der Waals surface area contributed by atoms with E-state index in [1.807, 2.05) is 43.3 Å². The summed E-state index contributed by atoms with van der Waals surface area (Å²) in [6.45, 7) is 5.46. The highest BCUT2D eigenvalue weighted by Gasteiger charge is 2.34. The zero-order valence-electron chi connectivity index (χ0n) is 12.7. The lowest BCUT2D eigenvalue weighted by molar-refractivity contribution is 0.209. The van der Waals surface area contributed by atoms with Gasteiger partial charge in [0.15, 0.2) is 0 Å². The van der Waals surface area contributed by atoms with Gasteiger partial charge < -0.3 is 5.32 Å². The summed E-state index contributed by atoms with van der Waals surface area (Å²) in [4.78, 5) is 14.0. The van der Waals surface area contributed by atoms with Crippen molar-refractivity contribution in [3.8, 4) is 6.07 Å². The van der Waals surface area contributed by atoms with Gasteiger partial charge in [-0.05, 0) is 18.9 Å². The SMILES string of the molecule is C=C(C#N)CC(C)NC(=O)N1C(=N)CCC1c1ccccc1. The zero-order chi connectivity index (χ0) is 16.1. The van der Waals surface area contributed by atoms with E-state index in [1.165, 1.54) is 4.90 Å². The fourth-order valence-electron chi connectivity index (χ4n) is 2.71. The maximum atomic E-state index is 12.5. The first kappa shape index (κ1) is 15.8. The fourth-order valence-corrected chi connectivity index (χ4v) is 2.71. The van der Waals surface area contributed by atoms with Crippen LogP contribution >= 0.6 is 0 Å². The third-order valence-corrected chi connectivity index (χ3v) is 3.74. The number of nitrogens with zero attached hydrogens (tertiary/aromatic N) is 2. The van der Waals surface area contributed by atoms with E-state index in [0.717, 1.165) is 12.0 Å². The lowest BCUT2D eigenvalue weighted by Gasteiger charge is -2.26. The summed E-state index contributed by atoms with van der Waals surface area (Å²) in [7, 11) is 0. The standard InChI is InChI=1S/C17H20N4O/c1-12(11-18)10-13(2)20-17(22)21-15(8-9-16(21)19)14-6-4-3-5-7-14/h3-7,13,15,19H,1,8-10H2,2H3,(H,20,22). The third kappa shape index (κ3) is 3.53. The summed E-state index contributed by atoms with van der Waals surface area (Å²) in [6, 6.07) is 11.2. The summed E-state index contributed by atoms with van der Waals surface area (Å²) >= 11 is 0. The largest absolute Gasteiger partial charge is 0.335 e. The highest BCUT2D eigenvalue weighted by molar-refractivity contribution is 5.98. The van der Waals surface area contributed by atoms with Gasteiger partial charge in [0.25, 0.3) is 0 Å². The van der Waals surface area contributed by atoms with Crippen LogP contribution in [0.25, 0.3) is 0 Å². The Morgan fingerprint density at radius 1 is 1.55 bits per heavy atom. The number of amides is 2. The Morgan fingerprint density at radius 3 is 2.86 bits per heavy atom. The number of hydrogen-bond acceptors (Lipinski definition) is 3. The van der Waals surface area contributed by atoms with Gasteiger partial charge >= 0.3 is 6.03 Å². The van der Waals surface area contributed by atoms with Gasteiger partial charge in [0.2, 0.25) is 0 Å². The first-order valence-corrected chi connectivity index (χ1v) is 7.33. The van der Waals surface area contributed by atoms with E-state index in [-0.39, 0.29) is 18.1 Å².